The van der Waals surface area contributed by atoms with Crippen molar-refractivity contribution >= 4 is 34.5 Å². The largest absolute Gasteiger partial charge is 0.467 e. The van der Waals surface area contributed by atoms with Gasteiger partial charge in [0.25, 0.3) is 0 Å². The Morgan fingerprint density at radius 3 is 2.73 bits per heavy atom. The van der Waals surface area contributed by atoms with Crippen LogP contribution >= 0.6 is 11.8 Å². The Morgan fingerprint density at radius 2 is 2.00 bits per heavy atom. The topological polar surface area (TPSA) is 129 Å². The third-order valence-corrected chi connectivity index (χ3v) is 6.24. The van der Waals surface area contributed by atoms with Crippen LogP contribution in [0.5, 0.6) is 0 Å². The van der Waals surface area contributed by atoms with Crippen molar-refractivity contribution in [2.45, 2.75) is 49.7 Å². The molecule has 1 aromatic carbocycles. The number of thioether (sulfide) groups is 1. The molecule has 2 atom stereocenters. The second-order valence-corrected chi connectivity index (χ2v) is 9.02. The van der Waals surface area contributed by atoms with Gasteiger partial charge in [-0.25, -0.2) is 0 Å². The Bertz CT molecular complexity index is 1210. The molecule has 33 heavy (non-hydrogen) atoms. The van der Waals surface area contributed by atoms with E-state index in [9.17, 15) is 9.59 Å². The zero-order valence-corrected chi connectivity index (χ0v) is 19.2. The van der Waals surface area contributed by atoms with E-state index in [-0.39, 0.29) is 18.4 Å². The Labute approximate surface area is 194 Å². The van der Waals surface area contributed by atoms with E-state index in [0.717, 1.165) is 11.0 Å². The van der Waals surface area contributed by atoms with Crippen molar-refractivity contribution < 1.29 is 18.4 Å². The smallest absolute Gasteiger partial charge is 0.233 e. The number of carbonyl (C=O) groups is 2. The van der Waals surface area contributed by atoms with Crippen molar-refractivity contribution in [1.82, 2.24) is 20.1 Å². The fourth-order valence-corrected chi connectivity index (χ4v) is 4.25. The number of furan rings is 2. The average Bonchev–Trinajstić information content (AvgIpc) is 3.53. The number of para-hydroxylation sites is 1. The molecule has 10 heteroatoms. The van der Waals surface area contributed by atoms with Crippen molar-refractivity contribution in [1.29, 1.82) is 0 Å². The number of carbonyl (C=O) groups excluding carboxylic acids is 2. The van der Waals surface area contributed by atoms with E-state index in [4.69, 9.17) is 14.6 Å². The van der Waals surface area contributed by atoms with E-state index in [1.807, 2.05) is 47.9 Å². The lowest BCUT2D eigenvalue weighted by Gasteiger charge is -2.16. The van der Waals surface area contributed by atoms with Gasteiger partial charge in [0.15, 0.2) is 5.16 Å². The molecule has 0 saturated carbocycles. The molecule has 172 valence electrons. The first-order valence-electron chi connectivity index (χ1n) is 10.6. The van der Waals surface area contributed by atoms with Gasteiger partial charge >= 0.3 is 0 Å². The van der Waals surface area contributed by atoms with Gasteiger partial charge < -0.3 is 19.9 Å². The van der Waals surface area contributed by atoms with Crippen LogP contribution in [0.3, 0.4) is 0 Å². The fraction of sp³-hybridized carbons (Fsp3) is 0.304. The summed E-state index contributed by atoms with van der Waals surface area (Å²) in [4.78, 5) is 24.1. The van der Waals surface area contributed by atoms with Crippen LogP contribution in [0.2, 0.25) is 0 Å². The molecule has 0 spiro atoms. The summed E-state index contributed by atoms with van der Waals surface area (Å²) in [7, 11) is 0. The highest BCUT2D eigenvalue weighted by Gasteiger charge is 2.23. The first-order valence-corrected chi connectivity index (χ1v) is 11.5. The molecular formula is C23H25N5O4S. The number of hydrogen-bond donors (Lipinski definition) is 2. The Kier molecular flexibility index (Phi) is 6.83. The molecular weight excluding hydrogens is 442 g/mol. The molecule has 0 aliphatic rings. The maximum absolute atomic E-state index is 12.9. The third kappa shape index (κ3) is 5.46. The van der Waals surface area contributed by atoms with Crippen molar-refractivity contribution in [2.75, 3.05) is 0 Å². The fourth-order valence-electron chi connectivity index (χ4n) is 3.37. The van der Waals surface area contributed by atoms with Crippen LogP contribution in [0, 0.1) is 0 Å². The van der Waals surface area contributed by atoms with Gasteiger partial charge in [0.2, 0.25) is 11.8 Å². The predicted octanol–water partition coefficient (Wildman–Crippen LogP) is 3.44. The number of aromatic nitrogens is 3. The maximum atomic E-state index is 12.9. The summed E-state index contributed by atoms with van der Waals surface area (Å²) in [6.45, 7) is 4.08. The molecule has 0 fully saturated rings. The van der Waals surface area contributed by atoms with Crippen molar-refractivity contribution in [3.8, 4) is 0 Å². The number of hydrogen-bond acceptors (Lipinski definition) is 7. The van der Waals surface area contributed by atoms with Crippen LogP contribution in [-0.2, 0) is 22.6 Å². The van der Waals surface area contributed by atoms with E-state index in [0.29, 0.717) is 35.5 Å². The highest BCUT2D eigenvalue weighted by molar-refractivity contribution is 8.00. The van der Waals surface area contributed by atoms with E-state index in [2.05, 4.69) is 15.5 Å². The van der Waals surface area contributed by atoms with Crippen molar-refractivity contribution in [2.24, 2.45) is 5.73 Å². The van der Waals surface area contributed by atoms with E-state index >= 15 is 0 Å². The number of fused-ring (bicyclic) bond motifs is 1. The maximum Gasteiger partial charge on any atom is 0.233 e. The standard InChI is InChI=1S/C23H25N5O4S/c1-14(19-12-16-6-3-4-8-18(16)32-19)25-22(30)15(2)33-23-27-26-21(10-9-20(24)29)28(23)13-17-7-5-11-31-17/h3-8,11-12,14-15H,9-10,13H2,1-2H3,(H2,24,29)(H,25,30). The highest BCUT2D eigenvalue weighted by atomic mass is 32.2. The molecule has 3 N–H and O–H groups in total. The second kappa shape index (κ2) is 9.95. The number of nitrogens with one attached hydrogen (secondary N) is 1. The number of nitrogens with zero attached hydrogens (tertiary/aromatic N) is 3. The Morgan fingerprint density at radius 1 is 1.18 bits per heavy atom. The monoisotopic (exact) mass is 467 g/mol. The second-order valence-electron chi connectivity index (χ2n) is 7.71. The van der Waals surface area contributed by atoms with Crippen LogP contribution in [-0.4, -0.2) is 31.8 Å². The van der Waals surface area contributed by atoms with Gasteiger partial charge in [0.05, 0.1) is 24.1 Å². The van der Waals surface area contributed by atoms with Crippen LogP contribution in [0.1, 0.15) is 43.7 Å². The number of rotatable bonds is 10. The molecule has 0 radical (unpaired) electrons. The van der Waals surface area contributed by atoms with Gasteiger partial charge in [0.1, 0.15) is 22.9 Å². The summed E-state index contributed by atoms with van der Waals surface area (Å²) in [5.41, 5.74) is 6.07. The van der Waals surface area contributed by atoms with Crippen LogP contribution in [0.15, 0.2) is 62.7 Å². The van der Waals surface area contributed by atoms with Crippen LogP contribution in [0.4, 0.5) is 0 Å². The summed E-state index contributed by atoms with van der Waals surface area (Å²) >= 11 is 1.29. The zero-order valence-electron chi connectivity index (χ0n) is 18.4. The number of amides is 2. The van der Waals surface area contributed by atoms with Crippen LogP contribution in [0.25, 0.3) is 11.0 Å². The predicted molar refractivity (Wildman–Crippen MR) is 123 cm³/mol. The van der Waals surface area contributed by atoms with Gasteiger partial charge in [-0.1, -0.05) is 30.0 Å². The lowest BCUT2D eigenvalue weighted by Crippen LogP contribution is -2.33. The van der Waals surface area contributed by atoms with E-state index in [1.165, 1.54) is 11.8 Å². The van der Waals surface area contributed by atoms with E-state index in [1.54, 1.807) is 19.3 Å². The van der Waals surface area contributed by atoms with Crippen molar-refractivity contribution in [3.63, 3.8) is 0 Å². The Balaban J connectivity index is 1.45. The number of aryl methyl sites for hydroxylation is 1. The summed E-state index contributed by atoms with van der Waals surface area (Å²) < 4.78 is 13.2. The SMILES string of the molecule is CC(Sc1nnc(CCC(N)=O)n1Cc1ccco1)C(=O)NC(C)c1cc2ccccc2o1. The molecule has 0 saturated heterocycles. The van der Waals surface area contributed by atoms with Crippen LogP contribution < -0.4 is 11.1 Å². The minimum atomic E-state index is -0.444. The minimum absolute atomic E-state index is 0.154. The summed E-state index contributed by atoms with van der Waals surface area (Å²) in [6.07, 6.45) is 2.10. The summed E-state index contributed by atoms with van der Waals surface area (Å²) in [6, 6.07) is 13.0. The first kappa shape index (κ1) is 22.7. The molecule has 0 bridgehead atoms. The normalized spacial score (nSPS) is 13.2. The quantitative estimate of drug-likeness (QED) is 0.342. The molecule has 0 aliphatic carbocycles. The summed E-state index contributed by atoms with van der Waals surface area (Å²) in [5.74, 6) is 1.45. The minimum Gasteiger partial charge on any atom is -0.467 e. The van der Waals surface area contributed by atoms with Gasteiger partial charge in [-0.3, -0.25) is 14.2 Å². The molecule has 2 unspecified atom stereocenters. The molecule has 4 aromatic rings. The Hall–Kier alpha value is -3.53. The molecule has 3 aromatic heterocycles. The first-order chi connectivity index (χ1) is 15.9. The number of benzene rings is 1. The number of nitrogens with two attached hydrogens (primary N) is 1. The van der Waals surface area contributed by atoms with Crippen molar-refractivity contribution in [3.05, 3.63) is 66.1 Å². The highest BCUT2D eigenvalue weighted by Crippen LogP contribution is 2.27. The molecule has 2 amide bonds. The van der Waals surface area contributed by atoms with Gasteiger partial charge in [-0.05, 0) is 38.1 Å². The summed E-state index contributed by atoms with van der Waals surface area (Å²) in [5, 5.41) is 12.6. The van der Waals surface area contributed by atoms with Gasteiger partial charge in [0, 0.05) is 18.2 Å². The third-order valence-electron chi connectivity index (χ3n) is 5.16. The molecule has 0 aliphatic heterocycles. The molecule has 9 nitrogen and oxygen atoms in total. The molecule has 3 heterocycles. The zero-order chi connectivity index (χ0) is 23.4. The van der Waals surface area contributed by atoms with Gasteiger partial charge in [-0.2, -0.15) is 0 Å². The number of primary amides is 1. The van der Waals surface area contributed by atoms with Gasteiger partial charge in [-0.15, -0.1) is 10.2 Å². The molecule has 4 rings (SSSR count). The van der Waals surface area contributed by atoms with E-state index < -0.39 is 11.2 Å². The lowest BCUT2D eigenvalue weighted by atomic mass is 10.2. The average molecular weight is 468 g/mol. The lowest BCUT2D eigenvalue weighted by molar-refractivity contribution is -0.121.